The molecule has 0 aliphatic carbocycles. The van der Waals surface area contributed by atoms with E-state index in [0.29, 0.717) is 18.6 Å². The zero-order chi connectivity index (χ0) is 15.5. The number of rotatable bonds is 12. The van der Waals surface area contributed by atoms with Gasteiger partial charge in [-0.1, -0.05) is 52.2 Å². The van der Waals surface area contributed by atoms with E-state index in [1.54, 1.807) is 0 Å². The van der Waals surface area contributed by atoms with Crippen molar-refractivity contribution in [3.05, 3.63) is 11.9 Å². The first-order valence-corrected chi connectivity index (χ1v) is 8.35. The highest BCUT2D eigenvalue weighted by atomic mass is 16.5. The number of nitrogens with zero attached hydrogens (tertiary/aromatic N) is 3. The second-order valence-electron chi connectivity index (χ2n) is 6.00. The quantitative estimate of drug-likeness (QED) is 0.602. The summed E-state index contributed by atoms with van der Waals surface area (Å²) < 4.78 is 7.66. The van der Waals surface area contributed by atoms with E-state index in [-0.39, 0.29) is 0 Å². The molecule has 0 radical (unpaired) electrons. The first-order chi connectivity index (χ1) is 10.2. The molecule has 0 saturated heterocycles. The smallest absolute Gasteiger partial charge is 0.0964 e. The van der Waals surface area contributed by atoms with Crippen molar-refractivity contribution in [1.29, 1.82) is 0 Å². The highest BCUT2D eigenvalue weighted by Gasteiger charge is 2.06. The number of ether oxygens (including phenoxy) is 1. The summed E-state index contributed by atoms with van der Waals surface area (Å²) in [4.78, 5) is 0. The van der Waals surface area contributed by atoms with Gasteiger partial charge in [-0.05, 0) is 12.3 Å². The minimum Gasteiger partial charge on any atom is -0.379 e. The topological polar surface area (TPSA) is 52.0 Å². The van der Waals surface area contributed by atoms with Crippen LogP contribution >= 0.6 is 0 Å². The van der Waals surface area contributed by atoms with Gasteiger partial charge in [0.05, 0.1) is 18.8 Å². The minimum absolute atomic E-state index is 0.465. The number of aromatic nitrogens is 3. The lowest BCUT2D eigenvalue weighted by atomic mass is 10.0. The van der Waals surface area contributed by atoms with E-state index in [1.807, 2.05) is 10.9 Å². The normalized spacial score (nSPS) is 13.0. The van der Waals surface area contributed by atoms with E-state index in [4.69, 9.17) is 4.74 Å². The Morgan fingerprint density at radius 2 is 2.14 bits per heavy atom. The van der Waals surface area contributed by atoms with Gasteiger partial charge >= 0.3 is 0 Å². The molecular weight excluding hydrogens is 264 g/mol. The summed E-state index contributed by atoms with van der Waals surface area (Å²) in [6.07, 6.45) is 7.04. The van der Waals surface area contributed by atoms with Crippen molar-refractivity contribution in [1.82, 2.24) is 20.3 Å². The Labute approximate surface area is 129 Å². The van der Waals surface area contributed by atoms with Crippen LogP contribution in [0.5, 0.6) is 0 Å². The summed E-state index contributed by atoms with van der Waals surface area (Å²) in [7, 11) is 0. The van der Waals surface area contributed by atoms with E-state index in [0.717, 1.165) is 25.4 Å². The Balaban J connectivity index is 2.17. The van der Waals surface area contributed by atoms with Crippen LogP contribution in [0.3, 0.4) is 0 Å². The van der Waals surface area contributed by atoms with Crippen LogP contribution in [0.15, 0.2) is 6.20 Å². The van der Waals surface area contributed by atoms with E-state index < -0.39 is 0 Å². The molecule has 0 spiro atoms. The molecule has 0 aromatic carbocycles. The number of hydrogen-bond acceptors (Lipinski definition) is 4. The van der Waals surface area contributed by atoms with Crippen LogP contribution in [0.1, 0.15) is 59.1 Å². The lowest BCUT2D eigenvalue weighted by Crippen LogP contribution is -2.21. The molecule has 0 fully saturated rings. The van der Waals surface area contributed by atoms with E-state index in [1.165, 1.54) is 25.7 Å². The summed E-state index contributed by atoms with van der Waals surface area (Å²) in [5.41, 5.74) is 0.984. The first kappa shape index (κ1) is 18.1. The van der Waals surface area contributed by atoms with Gasteiger partial charge in [-0.25, -0.2) is 4.68 Å². The van der Waals surface area contributed by atoms with Gasteiger partial charge in [0.2, 0.25) is 0 Å². The standard InChI is InChI=1S/C16H32N4O/c1-5-7-8-15(6-2)13-21-10-9-20-12-16(18-19-20)11-17-14(3)4/h12,14-15,17H,5-11,13H2,1-4H3. The second-order valence-corrected chi connectivity index (χ2v) is 6.00. The molecular formula is C16H32N4O. The molecule has 1 heterocycles. The third kappa shape index (κ3) is 8.17. The summed E-state index contributed by atoms with van der Waals surface area (Å²) in [6.45, 7) is 11.9. The molecule has 1 aromatic heterocycles. The molecule has 0 bridgehead atoms. The first-order valence-electron chi connectivity index (χ1n) is 8.35. The fourth-order valence-electron chi connectivity index (χ4n) is 2.14. The monoisotopic (exact) mass is 296 g/mol. The Hall–Kier alpha value is -0.940. The van der Waals surface area contributed by atoms with Crippen LogP contribution in [0.25, 0.3) is 0 Å². The van der Waals surface area contributed by atoms with Crippen molar-refractivity contribution in [2.75, 3.05) is 13.2 Å². The summed E-state index contributed by atoms with van der Waals surface area (Å²) in [6, 6.07) is 0.465. The van der Waals surface area contributed by atoms with E-state index >= 15 is 0 Å². The maximum atomic E-state index is 5.79. The zero-order valence-corrected chi connectivity index (χ0v) is 14.1. The molecule has 1 N–H and O–H groups in total. The molecule has 0 aliphatic rings. The zero-order valence-electron chi connectivity index (χ0n) is 14.1. The van der Waals surface area contributed by atoms with Gasteiger partial charge in [0.1, 0.15) is 0 Å². The van der Waals surface area contributed by atoms with Gasteiger partial charge in [-0.3, -0.25) is 0 Å². The fourth-order valence-corrected chi connectivity index (χ4v) is 2.14. The van der Waals surface area contributed by atoms with Gasteiger partial charge in [-0.15, -0.1) is 5.10 Å². The van der Waals surface area contributed by atoms with E-state index in [2.05, 4.69) is 43.3 Å². The average molecular weight is 296 g/mol. The average Bonchev–Trinajstić information content (AvgIpc) is 2.92. The highest BCUT2D eigenvalue weighted by Crippen LogP contribution is 2.12. The lowest BCUT2D eigenvalue weighted by Gasteiger charge is -2.14. The van der Waals surface area contributed by atoms with Crippen LogP contribution in [-0.2, 0) is 17.8 Å². The Morgan fingerprint density at radius 3 is 2.81 bits per heavy atom. The molecule has 0 saturated carbocycles. The Kier molecular flexibility index (Phi) is 9.26. The maximum Gasteiger partial charge on any atom is 0.0964 e. The SMILES string of the molecule is CCCCC(CC)COCCn1cc(CNC(C)C)nn1. The van der Waals surface area contributed by atoms with Crippen molar-refractivity contribution < 1.29 is 4.74 Å². The second kappa shape index (κ2) is 10.7. The third-order valence-corrected chi connectivity index (χ3v) is 3.64. The predicted molar refractivity (Wildman–Crippen MR) is 86.1 cm³/mol. The summed E-state index contributed by atoms with van der Waals surface area (Å²) in [5, 5.41) is 11.6. The van der Waals surface area contributed by atoms with Crippen LogP contribution in [-0.4, -0.2) is 34.2 Å². The van der Waals surface area contributed by atoms with Gasteiger partial charge in [0.25, 0.3) is 0 Å². The van der Waals surface area contributed by atoms with Gasteiger partial charge in [0.15, 0.2) is 0 Å². The van der Waals surface area contributed by atoms with Crippen molar-refractivity contribution >= 4 is 0 Å². The number of unbranched alkanes of at least 4 members (excludes halogenated alkanes) is 1. The van der Waals surface area contributed by atoms with Crippen LogP contribution < -0.4 is 5.32 Å². The van der Waals surface area contributed by atoms with Gasteiger partial charge in [-0.2, -0.15) is 0 Å². The minimum atomic E-state index is 0.465. The Morgan fingerprint density at radius 1 is 1.33 bits per heavy atom. The third-order valence-electron chi connectivity index (χ3n) is 3.64. The molecule has 5 heteroatoms. The van der Waals surface area contributed by atoms with Crippen molar-refractivity contribution in [2.45, 2.75) is 72.5 Å². The van der Waals surface area contributed by atoms with Crippen LogP contribution in [0, 0.1) is 5.92 Å². The molecule has 0 aliphatic heterocycles. The molecule has 5 nitrogen and oxygen atoms in total. The lowest BCUT2D eigenvalue weighted by molar-refractivity contribution is 0.0859. The van der Waals surface area contributed by atoms with Gasteiger partial charge in [0, 0.05) is 25.4 Å². The van der Waals surface area contributed by atoms with Crippen molar-refractivity contribution in [2.24, 2.45) is 5.92 Å². The summed E-state index contributed by atoms with van der Waals surface area (Å²) >= 11 is 0. The molecule has 1 unspecified atom stereocenters. The maximum absolute atomic E-state index is 5.79. The molecule has 122 valence electrons. The molecule has 0 amide bonds. The van der Waals surface area contributed by atoms with Crippen LogP contribution in [0.2, 0.25) is 0 Å². The summed E-state index contributed by atoms with van der Waals surface area (Å²) in [5.74, 6) is 0.700. The molecule has 1 atom stereocenters. The van der Waals surface area contributed by atoms with Crippen molar-refractivity contribution in [3.8, 4) is 0 Å². The predicted octanol–water partition coefficient (Wildman–Crippen LogP) is 3.01. The molecule has 1 aromatic rings. The molecule has 1 rings (SSSR count). The highest BCUT2D eigenvalue weighted by molar-refractivity contribution is 4.91. The fraction of sp³-hybridized carbons (Fsp3) is 0.875. The van der Waals surface area contributed by atoms with Crippen molar-refractivity contribution in [3.63, 3.8) is 0 Å². The van der Waals surface area contributed by atoms with Gasteiger partial charge < -0.3 is 10.1 Å². The van der Waals surface area contributed by atoms with E-state index in [9.17, 15) is 0 Å². The number of hydrogen-bond donors (Lipinski definition) is 1. The molecule has 21 heavy (non-hydrogen) atoms. The van der Waals surface area contributed by atoms with Crippen LogP contribution in [0.4, 0.5) is 0 Å². The Bertz CT molecular complexity index is 365. The largest absolute Gasteiger partial charge is 0.379 e. The number of nitrogens with one attached hydrogen (secondary N) is 1.